The van der Waals surface area contributed by atoms with Crippen LogP contribution in [0.3, 0.4) is 0 Å². The zero-order chi connectivity index (χ0) is 26.2. The van der Waals surface area contributed by atoms with E-state index in [1.165, 1.54) is 35.5 Å². The molecule has 2 amide bonds. The minimum atomic E-state index is -4.51. The minimum Gasteiger partial charge on any atom is -0.475 e. The van der Waals surface area contributed by atoms with Crippen LogP contribution in [0.4, 0.5) is 35.2 Å². The lowest BCUT2D eigenvalue weighted by Gasteiger charge is -2.35. The Labute approximate surface area is 209 Å². The van der Waals surface area contributed by atoms with Gasteiger partial charge in [0, 0.05) is 36.6 Å². The van der Waals surface area contributed by atoms with Gasteiger partial charge in [-0.15, -0.1) is 0 Å². The van der Waals surface area contributed by atoms with E-state index in [1.54, 1.807) is 6.07 Å². The summed E-state index contributed by atoms with van der Waals surface area (Å²) in [5, 5.41) is 21.2. The van der Waals surface area contributed by atoms with Gasteiger partial charge in [0.05, 0.1) is 30.1 Å². The summed E-state index contributed by atoms with van der Waals surface area (Å²) in [6.45, 7) is 0.631. The lowest BCUT2D eigenvalue weighted by molar-refractivity contribution is -0.137. The molecule has 0 radical (unpaired) electrons. The molecule has 13 heteroatoms. The van der Waals surface area contributed by atoms with Gasteiger partial charge in [-0.05, 0) is 24.6 Å². The Morgan fingerprint density at radius 2 is 2.08 bits per heavy atom. The van der Waals surface area contributed by atoms with Crippen LogP contribution in [0.25, 0.3) is 11.4 Å². The van der Waals surface area contributed by atoms with Gasteiger partial charge in [0.15, 0.2) is 11.6 Å². The van der Waals surface area contributed by atoms with Crippen LogP contribution in [0.2, 0.25) is 0 Å². The number of nitrogens with zero attached hydrogens (tertiary/aromatic N) is 5. The molecule has 37 heavy (non-hydrogen) atoms. The molecular weight excluding hydrogens is 493 g/mol. The lowest BCUT2D eigenvalue weighted by Crippen LogP contribution is -2.48. The van der Waals surface area contributed by atoms with Gasteiger partial charge in [0.1, 0.15) is 12.7 Å². The van der Waals surface area contributed by atoms with Crippen LogP contribution >= 0.6 is 0 Å². The quantitative estimate of drug-likeness (QED) is 0.457. The number of fused-ring (bicyclic) bond motifs is 4. The highest BCUT2D eigenvalue weighted by Gasteiger charge is 2.41. The SMILES string of the molecule is O=C(Nc1ccnc(OC[C@H](O)CO)c1)N1c2nc(-c3cccc(C(F)(F)F)c3)ncc2N2CC[C@H]1C2. The average Bonchev–Trinajstić information content (AvgIpc) is 3.31. The number of rotatable bonds is 6. The van der Waals surface area contributed by atoms with Gasteiger partial charge in [-0.2, -0.15) is 13.2 Å². The second-order valence-corrected chi connectivity index (χ2v) is 8.70. The van der Waals surface area contributed by atoms with Gasteiger partial charge in [0.25, 0.3) is 0 Å². The predicted octanol–water partition coefficient (Wildman–Crippen LogP) is 2.92. The number of carbonyl (C=O) groups excluding carboxylic acids is 1. The van der Waals surface area contributed by atoms with Gasteiger partial charge in [-0.3, -0.25) is 4.90 Å². The zero-order valence-electron chi connectivity index (χ0n) is 19.4. The maximum Gasteiger partial charge on any atom is 0.416 e. The smallest absolute Gasteiger partial charge is 0.416 e. The number of aliphatic hydroxyl groups is 2. The maximum absolute atomic E-state index is 13.4. The number of amides is 2. The third kappa shape index (κ3) is 5.13. The molecule has 1 fully saturated rings. The van der Waals surface area contributed by atoms with Crippen LogP contribution < -0.4 is 19.9 Å². The number of alkyl halides is 3. The molecule has 4 heterocycles. The number of ether oxygens (including phenoxy) is 1. The van der Waals surface area contributed by atoms with Gasteiger partial charge >= 0.3 is 12.2 Å². The minimum absolute atomic E-state index is 0.0761. The molecule has 3 N–H and O–H groups in total. The molecule has 5 rings (SSSR count). The highest BCUT2D eigenvalue weighted by Crippen LogP contribution is 2.40. The molecular formula is C24H23F3N6O4. The van der Waals surface area contributed by atoms with E-state index in [1.807, 2.05) is 4.90 Å². The first-order valence-electron chi connectivity index (χ1n) is 11.5. The van der Waals surface area contributed by atoms with Crippen molar-refractivity contribution in [3.8, 4) is 17.3 Å². The molecule has 1 aromatic carbocycles. The van der Waals surface area contributed by atoms with E-state index >= 15 is 0 Å². The number of aliphatic hydroxyl groups excluding tert-OH is 2. The Balaban J connectivity index is 1.42. The summed E-state index contributed by atoms with van der Waals surface area (Å²) >= 11 is 0. The van der Waals surface area contributed by atoms with Crippen molar-refractivity contribution >= 4 is 23.2 Å². The molecule has 2 aliphatic heterocycles. The maximum atomic E-state index is 13.4. The van der Waals surface area contributed by atoms with Crippen molar-refractivity contribution in [2.24, 2.45) is 0 Å². The van der Waals surface area contributed by atoms with E-state index in [-0.39, 0.29) is 29.9 Å². The number of urea groups is 1. The van der Waals surface area contributed by atoms with E-state index in [4.69, 9.17) is 9.84 Å². The van der Waals surface area contributed by atoms with Crippen molar-refractivity contribution in [1.82, 2.24) is 15.0 Å². The van der Waals surface area contributed by atoms with E-state index < -0.39 is 30.5 Å². The molecule has 0 aliphatic carbocycles. The van der Waals surface area contributed by atoms with Gasteiger partial charge < -0.3 is 25.2 Å². The molecule has 194 valence electrons. The fourth-order valence-corrected chi connectivity index (χ4v) is 4.33. The van der Waals surface area contributed by atoms with Crippen molar-refractivity contribution in [2.45, 2.75) is 24.7 Å². The molecule has 0 unspecified atom stereocenters. The first-order valence-corrected chi connectivity index (χ1v) is 11.5. The lowest BCUT2D eigenvalue weighted by atomic mass is 10.1. The van der Waals surface area contributed by atoms with Crippen LogP contribution in [0.5, 0.6) is 5.88 Å². The number of anilines is 3. The number of pyridine rings is 1. The van der Waals surface area contributed by atoms with E-state index in [0.29, 0.717) is 36.7 Å². The largest absolute Gasteiger partial charge is 0.475 e. The number of hydrogen-bond acceptors (Lipinski definition) is 8. The summed E-state index contributed by atoms with van der Waals surface area (Å²) in [5.74, 6) is 0.531. The Bertz CT molecular complexity index is 1310. The molecule has 1 saturated heterocycles. The first-order chi connectivity index (χ1) is 17.7. The molecule has 0 saturated carbocycles. The summed E-state index contributed by atoms with van der Waals surface area (Å²) < 4.78 is 45.0. The van der Waals surface area contributed by atoms with E-state index in [0.717, 1.165) is 12.1 Å². The number of benzene rings is 1. The fourth-order valence-electron chi connectivity index (χ4n) is 4.33. The fraction of sp³-hybridized carbons (Fsp3) is 0.333. The molecule has 2 bridgehead atoms. The Kier molecular flexibility index (Phi) is 6.56. The van der Waals surface area contributed by atoms with E-state index in [9.17, 15) is 23.1 Å². The molecule has 2 aliphatic rings. The Morgan fingerprint density at radius 1 is 1.24 bits per heavy atom. The van der Waals surface area contributed by atoms with Gasteiger partial charge in [-0.1, -0.05) is 12.1 Å². The van der Waals surface area contributed by atoms with Gasteiger partial charge in [-0.25, -0.2) is 19.7 Å². The summed E-state index contributed by atoms with van der Waals surface area (Å²) in [6, 6.07) is 7.12. The number of carbonyl (C=O) groups is 1. The third-order valence-corrected chi connectivity index (χ3v) is 6.13. The molecule has 10 nitrogen and oxygen atoms in total. The molecule has 2 aromatic heterocycles. The second kappa shape index (κ2) is 9.82. The number of aromatic nitrogens is 3. The van der Waals surface area contributed by atoms with Crippen molar-refractivity contribution in [1.29, 1.82) is 0 Å². The van der Waals surface area contributed by atoms with Crippen molar-refractivity contribution in [3.63, 3.8) is 0 Å². The Morgan fingerprint density at radius 3 is 2.86 bits per heavy atom. The van der Waals surface area contributed by atoms with Crippen molar-refractivity contribution < 1.29 is 32.9 Å². The molecule has 3 aromatic rings. The van der Waals surface area contributed by atoms with Crippen LogP contribution in [0, 0.1) is 0 Å². The molecule has 0 spiro atoms. The standard InChI is InChI=1S/C24H23F3N6O4/c25-24(26,27)15-3-1-2-14(8-15)21-29-10-19-22(31-21)33(17-5-7-32(19)11-17)23(36)30-16-4-6-28-20(9-16)37-13-18(35)12-34/h1-4,6,8-10,17-18,34-35H,5,7,11-13H2,(H,28,30,36)/t17-,18+/m0/s1. The average molecular weight is 516 g/mol. The van der Waals surface area contributed by atoms with Crippen LogP contribution in [-0.4, -0.2) is 69.6 Å². The summed E-state index contributed by atoms with van der Waals surface area (Å²) in [5.41, 5.74) is 0.373. The van der Waals surface area contributed by atoms with Crippen molar-refractivity contribution in [3.05, 3.63) is 54.4 Å². The summed E-state index contributed by atoms with van der Waals surface area (Å²) in [6.07, 6.45) is -1.94. The van der Waals surface area contributed by atoms with Crippen LogP contribution in [-0.2, 0) is 6.18 Å². The summed E-state index contributed by atoms with van der Waals surface area (Å²) in [7, 11) is 0. The third-order valence-electron chi connectivity index (χ3n) is 6.13. The zero-order valence-corrected chi connectivity index (χ0v) is 19.4. The highest BCUT2D eigenvalue weighted by atomic mass is 19.4. The normalized spacial score (nSPS) is 17.4. The van der Waals surface area contributed by atoms with E-state index in [2.05, 4.69) is 20.3 Å². The van der Waals surface area contributed by atoms with Gasteiger partial charge in [0.2, 0.25) is 5.88 Å². The Hall–Kier alpha value is -3.97. The molecule has 2 atom stereocenters. The number of hydrogen-bond donors (Lipinski definition) is 3. The van der Waals surface area contributed by atoms with Crippen molar-refractivity contribution in [2.75, 3.05) is 41.4 Å². The monoisotopic (exact) mass is 516 g/mol. The first kappa shape index (κ1) is 24.7. The predicted molar refractivity (Wildman–Crippen MR) is 127 cm³/mol. The van der Waals surface area contributed by atoms with Crippen LogP contribution in [0.1, 0.15) is 12.0 Å². The van der Waals surface area contributed by atoms with Crippen LogP contribution in [0.15, 0.2) is 48.8 Å². The summed E-state index contributed by atoms with van der Waals surface area (Å²) in [4.78, 5) is 29.8. The topological polar surface area (TPSA) is 124 Å². The highest BCUT2D eigenvalue weighted by molar-refractivity contribution is 6.04. The second-order valence-electron chi connectivity index (χ2n) is 8.70. The number of nitrogens with one attached hydrogen (secondary N) is 1. The number of halogens is 3.